The Hall–Kier alpha value is -1.36. The van der Waals surface area contributed by atoms with E-state index in [0.29, 0.717) is 6.42 Å². The van der Waals surface area contributed by atoms with Crippen LogP contribution in [0.1, 0.15) is 25.7 Å². The van der Waals surface area contributed by atoms with Crippen LogP contribution in [-0.2, 0) is 9.59 Å². The summed E-state index contributed by atoms with van der Waals surface area (Å²) in [5.41, 5.74) is 0. The average molecular weight is 239 g/mol. The molecule has 1 saturated heterocycles. The standard InChI is InChI=1S/C12H17NO4/c14-9-6-10(12(16)17)13(7-9)11(15)8-4-2-1-3-5-8/h1-2,8-10,14H,3-7H2,(H,16,17)/t8?,9-,10-/m0/s1. The molecule has 1 aliphatic carbocycles. The second-order valence-corrected chi connectivity index (χ2v) is 4.72. The van der Waals surface area contributed by atoms with Crippen LogP contribution in [0.25, 0.3) is 0 Å². The number of rotatable bonds is 2. The molecular weight excluding hydrogens is 222 g/mol. The van der Waals surface area contributed by atoms with Gasteiger partial charge < -0.3 is 15.1 Å². The number of carboxylic acid groups (broad SMARTS) is 1. The highest BCUT2D eigenvalue weighted by molar-refractivity contribution is 5.86. The maximum absolute atomic E-state index is 12.2. The number of likely N-dealkylation sites (tertiary alicyclic amines) is 1. The van der Waals surface area contributed by atoms with Crippen LogP contribution in [0.15, 0.2) is 12.2 Å². The van der Waals surface area contributed by atoms with Crippen LogP contribution in [-0.4, -0.2) is 45.7 Å². The Labute approximate surface area is 99.7 Å². The number of aliphatic hydroxyl groups excluding tert-OH is 1. The first kappa shape index (κ1) is 12.1. The van der Waals surface area contributed by atoms with Gasteiger partial charge in [0.2, 0.25) is 5.91 Å². The van der Waals surface area contributed by atoms with Gasteiger partial charge in [0.1, 0.15) is 6.04 Å². The fraction of sp³-hybridized carbons (Fsp3) is 0.667. The van der Waals surface area contributed by atoms with E-state index in [-0.39, 0.29) is 24.8 Å². The zero-order chi connectivity index (χ0) is 12.4. The lowest BCUT2D eigenvalue weighted by Crippen LogP contribution is -2.43. The summed E-state index contributed by atoms with van der Waals surface area (Å²) in [6.45, 7) is 0.149. The number of nitrogens with zero attached hydrogens (tertiary/aromatic N) is 1. The van der Waals surface area contributed by atoms with Crippen molar-refractivity contribution < 1.29 is 19.8 Å². The van der Waals surface area contributed by atoms with Crippen LogP contribution in [0.3, 0.4) is 0 Å². The van der Waals surface area contributed by atoms with Crippen molar-refractivity contribution in [2.75, 3.05) is 6.54 Å². The summed E-state index contributed by atoms with van der Waals surface area (Å²) in [4.78, 5) is 24.5. The average Bonchev–Trinajstić information content (AvgIpc) is 2.72. The van der Waals surface area contributed by atoms with E-state index in [9.17, 15) is 14.7 Å². The molecule has 1 heterocycles. The van der Waals surface area contributed by atoms with E-state index < -0.39 is 18.1 Å². The lowest BCUT2D eigenvalue weighted by Gasteiger charge is -2.27. The molecule has 0 aromatic rings. The Morgan fingerprint density at radius 1 is 1.29 bits per heavy atom. The maximum atomic E-state index is 12.2. The molecule has 94 valence electrons. The van der Waals surface area contributed by atoms with Crippen molar-refractivity contribution in [3.63, 3.8) is 0 Å². The molecule has 5 heteroatoms. The van der Waals surface area contributed by atoms with E-state index in [1.165, 1.54) is 4.90 Å². The Morgan fingerprint density at radius 3 is 2.65 bits per heavy atom. The number of β-amino-alcohol motifs (C(OH)–C–C–N with tert-alkyl or cyclic N) is 1. The molecular formula is C12H17NO4. The molecule has 0 aromatic carbocycles. The maximum Gasteiger partial charge on any atom is 0.326 e. The number of amides is 1. The number of hydrogen-bond acceptors (Lipinski definition) is 3. The molecule has 3 atom stereocenters. The van der Waals surface area contributed by atoms with Crippen molar-refractivity contribution in [3.05, 3.63) is 12.2 Å². The van der Waals surface area contributed by atoms with Crippen molar-refractivity contribution in [2.24, 2.45) is 5.92 Å². The molecule has 2 aliphatic rings. The lowest BCUT2D eigenvalue weighted by atomic mass is 9.93. The summed E-state index contributed by atoms with van der Waals surface area (Å²) in [5, 5.41) is 18.5. The predicted molar refractivity (Wildman–Crippen MR) is 60.2 cm³/mol. The summed E-state index contributed by atoms with van der Waals surface area (Å²) < 4.78 is 0. The van der Waals surface area contributed by atoms with Crippen molar-refractivity contribution in [1.82, 2.24) is 4.90 Å². The van der Waals surface area contributed by atoms with Crippen LogP contribution in [0.4, 0.5) is 0 Å². The first-order valence-electron chi connectivity index (χ1n) is 5.96. The van der Waals surface area contributed by atoms with Gasteiger partial charge in [-0.1, -0.05) is 12.2 Å². The van der Waals surface area contributed by atoms with E-state index >= 15 is 0 Å². The molecule has 0 bridgehead atoms. The lowest BCUT2D eigenvalue weighted by molar-refractivity contribution is -0.150. The van der Waals surface area contributed by atoms with Crippen molar-refractivity contribution in [3.8, 4) is 0 Å². The molecule has 1 aliphatic heterocycles. The molecule has 1 unspecified atom stereocenters. The Balaban J connectivity index is 2.07. The molecule has 0 saturated carbocycles. The molecule has 2 rings (SSSR count). The van der Waals surface area contributed by atoms with Gasteiger partial charge in [-0.2, -0.15) is 0 Å². The largest absolute Gasteiger partial charge is 0.480 e. The number of carboxylic acids is 1. The van der Waals surface area contributed by atoms with Crippen LogP contribution in [0.2, 0.25) is 0 Å². The minimum atomic E-state index is -1.03. The molecule has 5 nitrogen and oxygen atoms in total. The Bertz CT molecular complexity index is 352. The second kappa shape index (κ2) is 4.87. The molecule has 17 heavy (non-hydrogen) atoms. The summed E-state index contributed by atoms with van der Waals surface area (Å²) >= 11 is 0. The number of allylic oxidation sites excluding steroid dienone is 2. The van der Waals surface area contributed by atoms with E-state index in [1.54, 1.807) is 0 Å². The third-order valence-corrected chi connectivity index (χ3v) is 3.47. The van der Waals surface area contributed by atoms with Gasteiger partial charge in [-0.25, -0.2) is 4.79 Å². The molecule has 1 fully saturated rings. The smallest absolute Gasteiger partial charge is 0.326 e. The second-order valence-electron chi connectivity index (χ2n) is 4.72. The normalized spacial score (nSPS) is 32.8. The van der Waals surface area contributed by atoms with Gasteiger partial charge in [0.05, 0.1) is 6.10 Å². The first-order chi connectivity index (χ1) is 8.09. The highest BCUT2D eigenvalue weighted by atomic mass is 16.4. The van der Waals surface area contributed by atoms with Gasteiger partial charge in [0, 0.05) is 18.9 Å². The monoisotopic (exact) mass is 239 g/mol. The van der Waals surface area contributed by atoms with E-state index in [1.807, 2.05) is 12.2 Å². The quantitative estimate of drug-likeness (QED) is 0.683. The molecule has 1 amide bonds. The van der Waals surface area contributed by atoms with E-state index in [4.69, 9.17) is 5.11 Å². The van der Waals surface area contributed by atoms with Gasteiger partial charge in [-0.3, -0.25) is 4.79 Å². The Morgan fingerprint density at radius 2 is 2.06 bits per heavy atom. The minimum Gasteiger partial charge on any atom is -0.480 e. The summed E-state index contributed by atoms with van der Waals surface area (Å²) in [6, 6.07) is -0.858. The van der Waals surface area contributed by atoms with Crippen molar-refractivity contribution >= 4 is 11.9 Å². The van der Waals surface area contributed by atoms with Gasteiger partial charge >= 0.3 is 5.97 Å². The fourth-order valence-electron chi connectivity index (χ4n) is 2.54. The van der Waals surface area contributed by atoms with Gasteiger partial charge in [-0.15, -0.1) is 0 Å². The number of aliphatic hydroxyl groups is 1. The third-order valence-electron chi connectivity index (χ3n) is 3.47. The van der Waals surface area contributed by atoms with E-state index in [0.717, 1.165) is 12.8 Å². The highest BCUT2D eigenvalue weighted by Gasteiger charge is 2.40. The van der Waals surface area contributed by atoms with Crippen molar-refractivity contribution in [1.29, 1.82) is 0 Å². The van der Waals surface area contributed by atoms with Gasteiger partial charge in [-0.05, 0) is 19.3 Å². The highest BCUT2D eigenvalue weighted by Crippen LogP contribution is 2.26. The summed E-state index contributed by atoms with van der Waals surface area (Å²) in [7, 11) is 0. The van der Waals surface area contributed by atoms with Gasteiger partial charge in [0.15, 0.2) is 0 Å². The third kappa shape index (κ3) is 2.49. The molecule has 2 N–H and O–H groups in total. The number of carbonyl (C=O) groups excluding carboxylic acids is 1. The van der Waals surface area contributed by atoms with Crippen LogP contribution < -0.4 is 0 Å². The van der Waals surface area contributed by atoms with Crippen LogP contribution in [0, 0.1) is 5.92 Å². The topological polar surface area (TPSA) is 77.8 Å². The van der Waals surface area contributed by atoms with Crippen LogP contribution in [0.5, 0.6) is 0 Å². The SMILES string of the molecule is O=C(O)[C@@H]1C[C@H](O)CN1C(=O)C1CC=CCC1. The number of carbonyl (C=O) groups is 2. The molecule has 0 spiro atoms. The number of aliphatic carboxylic acids is 1. The first-order valence-corrected chi connectivity index (χ1v) is 5.96. The van der Waals surface area contributed by atoms with E-state index in [2.05, 4.69) is 0 Å². The van der Waals surface area contributed by atoms with Gasteiger partial charge in [0.25, 0.3) is 0 Å². The molecule has 0 aromatic heterocycles. The minimum absolute atomic E-state index is 0.118. The van der Waals surface area contributed by atoms with Crippen molar-refractivity contribution in [2.45, 2.75) is 37.8 Å². The summed E-state index contributed by atoms with van der Waals surface area (Å²) in [6.07, 6.45) is 5.76. The zero-order valence-corrected chi connectivity index (χ0v) is 9.58. The predicted octanol–water partition coefficient (Wildman–Crippen LogP) is 0.389. The number of hydrogen-bond donors (Lipinski definition) is 2. The van der Waals surface area contributed by atoms with Crippen LogP contribution >= 0.6 is 0 Å². The zero-order valence-electron chi connectivity index (χ0n) is 9.58. The Kier molecular flexibility index (Phi) is 3.47. The summed E-state index contributed by atoms with van der Waals surface area (Å²) in [5.74, 6) is -1.27. The fourth-order valence-corrected chi connectivity index (χ4v) is 2.54. The molecule has 0 radical (unpaired) electrons.